The van der Waals surface area contributed by atoms with Crippen LogP contribution < -0.4 is 0 Å². The van der Waals surface area contributed by atoms with Crippen LogP contribution in [-0.4, -0.2) is 76.7 Å². The topological polar surface area (TPSA) is 73.8 Å². The lowest BCUT2D eigenvalue weighted by Crippen LogP contribution is -2.56. The first-order valence-corrected chi connectivity index (χ1v) is 10.8. The molecule has 3 amide bonds. The van der Waals surface area contributed by atoms with E-state index in [0.29, 0.717) is 39.0 Å². The molecule has 1 spiro atoms. The Morgan fingerprint density at radius 3 is 2.62 bits per heavy atom. The number of carbonyl (C=O) groups excluding carboxylic acids is 3. The van der Waals surface area contributed by atoms with Gasteiger partial charge in [0, 0.05) is 69.3 Å². The SMILES string of the molecule is O=C1CCCN1CC(=O)N1CCC[C@@]2(CCC(=O)N(CCc3ccccn3)C2)C1. The lowest BCUT2D eigenvalue weighted by Gasteiger charge is -2.48. The van der Waals surface area contributed by atoms with E-state index in [-0.39, 0.29) is 29.7 Å². The number of likely N-dealkylation sites (tertiary alicyclic amines) is 3. The van der Waals surface area contributed by atoms with Gasteiger partial charge in [0.15, 0.2) is 0 Å². The van der Waals surface area contributed by atoms with E-state index in [1.165, 1.54) is 0 Å². The largest absolute Gasteiger partial charge is 0.342 e. The molecule has 3 fully saturated rings. The van der Waals surface area contributed by atoms with Gasteiger partial charge in [-0.25, -0.2) is 0 Å². The molecule has 7 heteroatoms. The van der Waals surface area contributed by atoms with Gasteiger partial charge in [0.05, 0.1) is 6.54 Å². The Balaban J connectivity index is 1.36. The van der Waals surface area contributed by atoms with Crippen LogP contribution in [0.3, 0.4) is 0 Å². The Morgan fingerprint density at radius 1 is 1.00 bits per heavy atom. The minimum absolute atomic E-state index is 0.0129. The first-order chi connectivity index (χ1) is 14.0. The molecule has 1 aromatic heterocycles. The third kappa shape index (κ3) is 4.60. The molecule has 0 radical (unpaired) electrons. The zero-order valence-corrected chi connectivity index (χ0v) is 17.0. The fourth-order valence-corrected chi connectivity index (χ4v) is 4.99. The highest BCUT2D eigenvalue weighted by Crippen LogP contribution is 2.39. The van der Waals surface area contributed by atoms with Crippen molar-refractivity contribution >= 4 is 17.7 Å². The maximum absolute atomic E-state index is 12.8. The number of carbonyl (C=O) groups is 3. The number of hydrogen-bond donors (Lipinski definition) is 0. The molecule has 3 saturated heterocycles. The van der Waals surface area contributed by atoms with Crippen LogP contribution in [0.15, 0.2) is 24.4 Å². The van der Waals surface area contributed by atoms with Crippen LogP contribution in [0.5, 0.6) is 0 Å². The van der Waals surface area contributed by atoms with Crippen LogP contribution in [0.2, 0.25) is 0 Å². The summed E-state index contributed by atoms with van der Waals surface area (Å²) in [6, 6.07) is 5.86. The number of piperidine rings is 2. The van der Waals surface area contributed by atoms with Crippen LogP contribution >= 0.6 is 0 Å². The van der Waals surface area contributed by atoms with Gasteiger partial charge in [-0.1, -0.05) is 6.07 Å². The molecule has 29 heavy (non-hydrogen) atoms. The first-order valence-electron chi connectivity index (χ1n) is 10.8. The average molecular weight is 399 g/mol. The predicted molar refractivity (Wildman–Crippen MR) is 108 cm³/mol. The average Bonchev–Trinajstić information content (AvgIpc) is 3.14. The molecule has 4 heterocycles. The molecule has 3 aliphatic heterocycles. The molecule has 7 nitrogen and oxygen atoms in total. The smallest absolute Gasteiger partial charge is 0.242 e. The van der Waals surface area contributed by atoms with Crippen molar-refractivity contribution in [1.82, 2.24) is 19.7 Å². The highest BCUT2D eigenvalue weighted by molar-refractivity contribution is 5.86. The third-order valence-electron chi connectivity index (χ3n) is 6.62. The van der Waals surface area contributed by atoms with Crippen LogP contribution in [-0.2, 0) is 20.8 Å². The maximum atomic E-state index is 12.8. The summed E-state index contributed by atoms with van der Waals surface area (Å²) in [5, 5.41) is 0. The molecule has 0 unspecified atom stereocenters. The number of hydrogen-bond acceptors (Lipinski definition) is 4. The highest BCUT2D eigenvalue weighted by Gasteiger charge is 2.42. The van der Waals surface area contributed by atoms with Gasteiger partial charge in [-0.2, -0.15) is 0 Å². The molecule has 0 bridgehead atoms. The van der Waals surface area contributed by atoms with Crippen LogP contribution in [0.25, 0.3) is 0 Å². The molecule has 4 rings (SSSR count). The number of pyridine rings is 1. The molecule has 1 aromatic rings. The van der Waals surface area contributed by atoms with Crippen molar-refractivity contribution in [3.8, 4) is 0 Å². The molecule has 0 N–H and O–H groups in total. The van der Waals surface area contributed by atoms with Gasteiger partial charge >= 0.3 is 0 Å². The number of amides is 3. The van der Waals surface area contributed by atoms with Crippen molar-refractivity contribution < 1.29 is 14.4 Å². The monoisotopic (exact) mass is 398 g/mol. The molecule has 0 aliphatic carbocycles. The van der Waals surface area contributed by atoms with Gasteiger partial charge in [-0.05, 0) is 37.8 Å². The van der Waals surface area contributed by atoms with E-state index >= 15 is 0 Å². The Hall–Kier alpha value is -2.44. The second-order valence-electron chi connectivity index (χ2n) is 8.72. The Morgan fingerprint density at radius 2 is 1.86 bits per heavy atom. The van der Waals surface area contributed by atoms with Crippen LogP contribution in [0.4, 0.5) is 0 Å². The van der Waals surface area contributed by atoms with E-state index in [1.54, 1.807) is 11.1 Å². The standard InChI is InChI=1S/C22H30N4O3/c27-19-6-3-12-24(19)15-21(29)25-13-4-9-22(16-25)10-7-20(28)26(17-22)14-8-18-5-1-2-11-23-18/h1-2,5,11H,3-4,6-10,12-17H2/t22-/m1/s1. The van der Waals surface area contributed by atoms with Gasteiger partial charge in [-0.15, -0.1) is 0 Å². The zero-order chi connectivity index (χ0) is 20.3. The summed E-state index contributed by atoms with van der Waals surface area (Å²) in [6.45, 7) is 3.74. The van der Waals surface area contributed by atoms with E-state index in [9.17, 15) is 14.4 Å². The molecular formula is C22H30N4O3. The number of rotatable bonds is 5. The minimum Gasteiger partial charge on any atom is -0.342 e. The zero-order valence-electron chi connectivity index (χ0n) is 17.0. The van der Waals surface area contributed by atoms with Crippen molar-refractivity contribution in [2.75, 3.05) is 39.3 Å². The Bertz CT molecular complexity index is 769. The van der Waals surface area contributed by atoms with E-state index in [1.807, 2.05) is 28.0 Å². The summed E-state index contributed by atoms with van der Waals surface area (Å²) >= 11 is 0. The Labute approximate surface area is 172 Å². The van der Waals surface area contributed by atoms with Crippen molar-refractivity contribution in [1.29, 1.82) is 0 Å². The van der Waals surface area contributed by atoms with E-state index < -0.39 is 0 Å². The van der Waals surface area contributed by atoms with Crippen LogP contribution in [0.1, 0.15) is 44.2 Å². The van der Waals surface area contributed by atoms with Crippen molar-refractivity contribution in [3.05, 3.63) is 30.1 Å². The Kier molecular flexibility index (Phi) is 5.83. The number of nitrogens with zero attached hydrogens (tertiary/aromatic N) is 4. The molecule has 0 aromatic carbocycles. The van der Waals surface area contributed by atoms with E-state index in [4.69, 9.17) is 0 Å². The first kappa shape index (κ1) is 19.9. The van der Waals surface area contributed by atoms with E-state index in [2.05, 4.69) is 4.98 Å². The number of aromatic nitrogens is 1. The van der Waals surface area contributed by atoms with Gasteiger partial charge in [0.1, 0.15) is 0 Å². The second-order valence-corrected chi connectivity index (χ2v) is 8.72. The second kappa shape index (κ2) is 8.51. The summed E-state index contributed by atoms with van der Waals surface area (Å²) in [4.78, 5) is 47.1. The minimum atomic E-state index is -0.0129. The van der Waals surface area contributed by atoms with Crippen molar-refractivity contribution in [2.45, 2.75) is 44.9 Å². The van der Waals surface area contributed by atoms with Crippen LogP contribution in [0, 0.1) is 5.41 Å². The van der Waals surface area contributed by atoms with Gasteiger partial charge in [-0.3, -0.25) is 19.4 Å². The molecule has 0 saturated carbocycles. The lowest BCUT2D eigenvalue weighted by molar-refractivity contribution is -0.145. The summed E-state index contributed by atoms with van der Waals surface area (Å²) in [6.07, 6.45) is 7.35. The maximum Gasteiger partial charge on any atom is 0.242 e. The van der Waals surface area contributed by atoms with Gasteiger partial charge in [0.25, 0.3) is 0 Å². The van der Waals surface area contributed by atoms with Crippen molar-refractivity contribution in [2.24, 2.45) is 5.41 Å². The molecule has 156 valence electrons. The fourth-order valence-electron chi connectivity index (χ4n) is 4.99. The van der Waals surface area contributed by atoms with E-state index in [0.717, 1.165) is 44.3 Å². The highest BCUT2D eigenvalue weighted by atomic mass is 16.2. The molecule has 1 atom stereocenters. The third-order valence-corrected chi connectivity index (χ3v) is 6.62. The lowest BCUT2D eigenvalue weighted by atomic mass is 9.73. The molecular weight excluding hydrogens is 368 g/mol. The summed E-state index contributed by atoms with van der Waals surface area (Å²) in [5.41, 5.74) is 0.983. The van der Waals surface area contributed by atoms with Gasteiger partial charge in [0.2, 0.25) is 17.7 Å². The van der Waals surface area contributed by atoms with Crippen molar-refractivity contribution in [3.63, 3.8) is 0 Å². The fraction of sp³-hybridized carbons (Fsp3) is 0.636. The summed E-state index contributed by atoms with van der Waals surface area (Å²) < 4.78 is 0. The normalized spacial score (nSPS) is 25.2. The summed E-state index contributed by atoms with van der Waals surface area (Å²) in [5.74, 6) is 0.350. The quantitative estimate of drug-likeness (QED) is 0.753. The predicted octanol–water partition coefficient (Wildman–Crippen LogP) is 1.48. The molecule has 3 aliphatic rings. The van der Waals surface area contributed by atoms with Gasteiger partial charge < -0.3 is 14.7 Å². The summed E-state index contributed by atoms with van der Waals surface area (Å²) in [7, 11) is 0.